The lowest BCUT2D eigenvalue weighted by molar-refractivity contribution is -0.141. The van der Waals surface area contributed by atoms with E-state index in [1.54, 1.807) is 0 Å². The van der Waals surface area contributed by atoms with Gasteiger partial charge in [0, 0.05) is 38.6 Å². The number of likely N-dealkylation sites (N-methyl/N-ethyl adjacent to an activating group) is 1. The highest BCUT2D eigenvalue weighted by Crippen LogP contribution is 2.38. The molecule has 0 aromatic carbocycles. The number of hydrogen-bond donors (Lipinski definition) is 0. The van der Waals surface area contributed by atoms with Crippen LogP contribution in [0, 0.1) is 17.3 Å². The van der Waals surface area contributed by atoms with Crippen molar-refractivity contribution < 1.29 is 9.59 Å². The van der Waals surface area contributed by atoms with Gasteiger partial charge in [0.05, 0.1) is 11.3 Å². The average molecular weight is 319 g/mol. The van der Waals surface area contributed by atoms with Crippen molar-refractivity contribution in [1.29, 1.82) is 0 Å². The fourth-order valence-electron chi connectivity index (χ4n) is 4.17. The Morgan fingerprint density at radius 1 is 1.30 bits per heavy atom. The molecule has 0 spiro atoms. The zero-order valence-corrected chi connectivity index (χ0v) is 14.6. The number of likely N-dealkylation sites (tertiary alicyclic amines) is 2. The molecule has 2 saturated heterocycles. The Kier molecular flexibility index (Phi) is 4.50. The van der Waals surface area contributed by atoms with Crippen molar-refractivity contribution in [3.63, 3.8) is 0 Å². The second-order valence-electron chi connectivity index (χ2n) is 7.94. The quantitative estimate of drug-likeness (QED) is 0.732. The maximum absolute atomic E-state index is 12.9. The number of allylic oxidation sites excluding steroid dienone is 2. The summed E-state index contributed by atoms with van der Waals surface area (Å²) in [5.41, 5.74) is -0.263. The molecule has 3 rings (SSSR count). The van der Waals surface area contributed by atoms with Gasteiger partial charge in [-0.15, -0.1) is 0 Å². The standard InChI is InChI=1S/C18H29N3O2/c1-18(7-5-4-6-8-18)17(23)21-12-14-11-20(10-9-19(2)3)16(22)15(14)13-21/h4-5,14-15H,6-13H2,1-3H3. The molecule has 0 aromatic rings. The second-order valence-corrected chi connectivity index (χ2v) is 7.94. The molecule has 0 radical (unpaired) electrons. The molecule has 128 valence electrons. The zero-order valence-electron chi connectivity index (χ0n) is 14.6. The van der Waals surface area contributed by atoms with Gasteiger partial charge in [0.25, 0.3) is 0 Å². The van der Waals surface area contributed by atoms with Gasteiger partial charge in [-0.1, -0.05) is 19.1 Å². The third-order valence-electron chi connectivity index (χ3n) is 5.74. The lowest BCUT2D eigenvalue weighted by Gasteiger charge is -2.34. The van der Waals surface area contributed by atoms with Gasteiger partial charge in [0.1, 0.15) is 0 Å². The summed E-state index contributed by atoms with van der Waals surface area (Å²) in [5, 5.41) is 0. The topological polar surface area (TPSA) is 43.9 Å². The third kappa shape index (κ3) is 3.16. The number of amides is 2. The normalized spacial score (nSPS) is 33.7. The van der Waals surface area contributed by atoms with E-state index in [-0.39, 0.29) is 23.1 Å². The van der Waals surface area contributed by atoms with Gasteiger partial charge >= 0.3 is 0 Å². The molecule has 0 saturated carbocycles. The fraction of sp³-hybridized carbons (Fsp3) is 0.778. The van der Waals surface area contributed by atoms with Gasteiger partial charge in [0.15, 0.2) is 0 Å². The van der Waals surface area contributed by atoms with E-state index in [1.165, 1.54) is 0 Å². The SMILES string of the molecule is CN(C)CCN1CC2CN(C(=O)C3(C)CC=CCC3)CC2C1=O. The van der Waals surface area contributed by atoms with Crippen molar-refractivity contribution in [2.24, 2.45) is 17.3 Å². The van der Waals surface area contributed by atoms with Gasteiger partial charge < -0.3 is 14.7 Å². The first-order valence-corrected chi connectivity index (χ1v) is 8.78. The van der Waals surface area contributed by atoms with Crippen molar-refractivity contribution in [3.8, 4) is 0 Å². The molecule has 0 bridgehead atoms. The van der Waals surface area contributed by atoms with Gasteiger partial charge in [-0.05, 0) is 33.4 Å². The Morgan fingerprint density at radius 2 is 2.09 bits per heavy atom. The maximum Gasteiger partial charge on any atom is 0.228 e. The lowest BCUT2D eigenvalue weighted by atomic mass is 9.78. The van der Waals surface area contributed by atoms with Crippen molar-refractivity contribution in [3.05, 3.63) is 12.2 Å². The van der Waals surface area contributed by atoms with E-state index in [0.717, 1.165) is 45.4 Å². The molecule has 3 aliphatic rings. The molecule has 2 fully saturated rings. The van der Waals surface area contributed by atoms with Crippen molar-refractivity contribution in [1.82, 2.24) is 14.7 Å². The minimum atomic E-state index is -0.263. The summed E-state index contributed by atoms with van der Waals surface area (Å²) >= 11 is 0. The lowest BCUT2D eigenvalue weighted by Crippen LogP contribution is -2.44. The van der Waals surface area contributed by atoms with Gasteiger partial charge in [-0.3, -0.25) is 9.59 Å². The number of nitrogens with zero attached hydrogens (tertiary/aromatic N) is 3. The number of carbonyl (C=O) groups excluding carboxylic acids is 2. The smallest absolute Gasteiger partial charge is 0.228 e. The number of hydrogen-bond acceptors (Lipinski definition) is 3. The van der Waals surface area contributed by atoms with Crippen LogP contribution >= 0.6 is 0 Å². The first-order valence-electron chi connectivity index (χ1n) is 8.78. The third-order valence-corrected chi connectivity index (χ3v) is 5.74. The fourth-order valence-corrected chi connectivity index (χ4v) is 4.17. The predicted molar refractivity (Wildman–Crippen MR) is 89.8 cm³/mol. The molecule has 2 heterocycles. The Morgan fingerprint density at radius 3 is 2.70 bits per heavy atom. The Bertz CT molecular complexity index is 516. The summed E-state index contributed by atoms with van der Waals surface area (Å²) in [6.07, 6.45) is 7.05. The summed E-state index contributed by atoms with van der Waals surface area (Å²) < 4.78 is 0. The first-order chi connectivity index (χ1) is 10.9. The average Bonchev–Trinajstić information content (AvgIpc) is 3.05. The van der Waals surface area contributed by atoms with Gasteiger partial charge in [-0.2, -0.15) is 0 Å². The minimum Gasteiger partial charge on any atom is -0.341 e. The Labute approximate surface area is 139 Å². The molecule has 3 atom stereocenters. The van der Waals surface area contributed by atoms with Crippen LogP contribution in [-0.4, -0.2) is 73.3 Å². The summed E-state index contributed by atoms with van der Waals surface area (Å²) in [4.78, 5) is 31.6. The van der Waals surface area contributed by atoms with E-state index in [9.17, 15) is 9.59 Å². The second kappa shape index (κ2) is 6.27. The van der Waals surface area contributed by atoms with Crippen LogP contribution in [0.2, 0.25) is 0 Å². The van der Waals surface area contributed by atoms with E-state index < -0.39 is 0 Å². The molecule has 2 amide bonds. The molecule has 0 N–H and O–H groups in total. The molecule has 3 unspecified atom stereocenters. The molecule has 2 aliphatic heterocycles. The molecule has 0 aromatic heterocycles. The highest BCUT2D eigenvalue weighted by molar-refractivity contribution is 5.86. The molecule has 5 heteroatoms. The highest BCUT2D eigenvalue weighted by Gasteiger charge is 2.49. The van der Waals surface area contributed by atoms with Crippen LogP contribution in [0.1, 0.15) is 26.2 Å². The summed E-state index contributed by atoms with van der Waals surface area (Å²) in [5.74, 6) is 0.866. The minimum absolute atomic E-state index is 0.0313. The van der Waals surface area contributed by atoms with E-state index in [4.69, 9.17) is 0 Å². The van der Waals surface area contributed by atoms with Crippen molar-refractivity contribution >= 4 is 11.8 Å². The summed E-state index contributed by atoms with van der Waals surface area (Å²) in [7, 11) is 4.06. The molecule has 1 aliphatic carbocycles. The van der Waals surface area contributed by atoms with Crippen LogP contribution in [0.4, 0.5) is 0 Å². The number of fused-ring (bicyclic) bond motifs is 1. The monoisotopic (exact) mass is 319 g/mol. The first kappa shape index (κ1) is 16.5. The molecule has 23 heavy (non-hydrogen) atoms. The number of rotatable bonds is 4. The largest absolute Gasteiger partial charge is 0.341 e. The van der Waals surface area contributed by atoms with Gasteiger partial charge in [0.2, 0.25) is 11.8 Å². The van der Waals surface area contributed by atoms with E-state index in [0.29, 0.717) is 12.5 Å². The maximum atomic E-state index is 12.9. The van der Waals surface area contributed by atoms with Crippen LogP contribution in [-0.2, 0) is 9.59 Å². The van der Waals surface area contributed by atoms with E-state index in [2.05, 4.69) is 24.0 Å². The molecular weight excluding hydrogens is 290 g/mol. The predicted octanol–water partition coefficient (Wildman–Crippen LogP) is 1.21. The highest BCUT2D eigenvalue weighted by atomic mass is 16.2. The molecular formula is C18H29N3O2. The van der Waals surface area contributed by atoms with Crippen LogP contribution in [0.5, 0.6) is 0 Å². The number of carbonyl (C=O) groups is 2. The molecule has 5 nitrogen and oxygen atoms in total. The van der Waals surface area contributed by atoms with E-state index in [1.807, 2.05) is 23.9 Å². The summed E-state index contributed by atoms with van der Waals surface area (Å²) in [6, 6.07) is 0. The zero-order chi connectivity index (χ0) is 16.6. The Balaban J connectivity index is 1.59. The van der Waals surface area contributed by atoms with Crippen LogP contribution in [0.3, 0.4) is 0 Å². The van der Waals surface area contributed by atoms with Crippen molar-refractivity contribution in [2.75, 3.05) is 46.8 Å². The van der Waals surface area contributed by atoms with Crippen LogP contribution < -0.4 is 0 Å². The van der Waals surface area contributed by atoms with Gasteiger partial charge in [-0.25, -0.2) is 0 Å². The Hall–Kier alpha value is -1.36. The van der Waals surface area contributed by atoms with E-state index >= 15 is 0 Å². The summed E-state index contributed by atoms with van der Waals surface area (Å²) in [6.45, 7) is 5.98. The van der Waals surface area contributed by atoms with Crippen LogP contribution in [0.25, 0.3) is 0 Å². The van der Waals surface area contributed by atoms with Crippen molar-refractivity contribution in [2.45, 2.75) is 26.2 Å². The van der Waals surface area contributed by atoms with Crippen LogP contribution in [0.15, 0.2) is 12.2 Å².